The van der Waals surface area contributed by atoms with Gasteiger partial charge in [-0.2, -0.15) is 0 Å². The molecule has 0 saturated carbocycles. The maximum absolute atomic E-state index is 5.96. The molecule has 0 unspecified atom stereocenters. The van der Waals surface area contributed by atoms with Gasteiger partial charge in [0.05, 0.1) is 13.1 Å². The second-order valence-electron chi connectivity index (χ2n) is 5.16. The van der Waals surface area contributed by atoms with Crippen molar-refractivity contribution >= 4 is 29.9 Å². The van der Waals surface area contributed by atoms with Gasteiger partial charge in [-0.05, 0) is 26.0 Å². The minimum absolute atomic E-state index is 0. The topological polar surface area (TPSA) is 36.9 Å². The van der Waals surface area contributed by atoms with E-state index in [-0.39, 0.29) is 29.6 Å². The van der Waals surface area contributed by atoms with Crippen molar-refractivity contribution in [1.82, 2.24) is 10.2 Å². The van der Waals surface area contributed by atoms with E-state index in [0.29, 0.717) is 0 Å². The molecule has 0 fully saturated rings. The first-order valence-corrected chi connectivity index (χ1v) is 6.30. The van der Waals surface area contributed by atoms with Crippen molar-refractivity contribution < 1.29 is 4.74 Å². The van der Waals surface area contributed by atoms with E-state index in [1.807, 2.05) is 37.4 Å². The van der Waals surface area contributed by atoms with Crippen molar-refractivity contribution in [2.75, 3.05) is 26.7 Å². The standard InChI is InChI=1S/C14H21N3O.HI/c1-14(2,18-12-7-5-4-6-8-12)11-16-13-15-9-10-17(13)3;/h4-8H,9-11H2,1-3H3,(H,15,16);1H. The van der Waals surface area contributed by atoms with Crippen LogP contribution in [0, 0.1) is 0 Å². The number of guanidine groups is 1. The number of hydrogen-bond acceptors (Lipinski definition) is 4. The molecule has 4 nitrogen and oxygen atoms in total. The molecule has 1 aliphatic rings. The summed E-state index contributed by atoms with van der Waals surface area (Å²) in [5, 5.41) is 3.34. The Hall–Kier alpha value is -0.980. The highest BCUT2D eigenvalue weighted by Gasteiger charge is 2.22. The Morgan fingerprint density at radius 3 is 2.58 bits per heavy atom. The lowest BCUT2D eigenvalue weighted by Gasteiger charge is -2.28. The number of hydrogen-bond donors (Lipinski definition) is 1. The zero-order valence-corrected chi connectivity index (χ0v) is 14.0. The number of para-hydroxylation sites is 1. The molecule has 1 N–H and O–H groups in total. The fraction of sp³-hybridized carbons (Fsp3) is 0.500. The molecule has 1 aliphatic heterocycles. The highest BCUT2D eigenvalue weighted by molar-refractivity contribution is 14.0. The number of nitrogens with zero attached hydrogens (tertiary/aromatic N) is 2. The highest BCUT2D eigenvalue weighted by atomic mass is 127. The molecule has 0 atom stereocenters. The van der Waals surface area contributed by atoms with Gasteiger partial charge in [0.1, 0.15) is 11.4 Å². The Kier molecular flexibility index (Phi) is 5.90. The number of benzene rings is 1. The van der Waals surface area contributed by atoms with Gasteiger partial charge in [0, 0.05) is 13.6 Å². The lowest BCUT2D eigenvalue weighted by Crippen LogP contribution is -2.46. The quantitative estimate of drug-likeness (QED) is 0.821. The molecule has 0 radical (unpaired) electrons. The fourth-order valence-electron chi connectivity index (χ4n) is 1.86. The summed E-state index contributed by atoms with van der Waals surface area (Å²) in [7, 11) is 2.05. The van der Waals surface area contributed by atoms with Crippen molar-refractivity contribution in [1.29, 1.82) is 0 Å². The lowest BCUT2D eigenvalue weighted by atomic mass is 10.1. The number of rotatable bonds is 4. The summed E-state index contributed by atoms with van der Waals surface area (Å²) in [6.07, 6.45) is 0. The molecule has 1 aromatic rings. The molecule has 106 valence electrons. The van der Waals surface area contributed by atoms with Gasteiger partial charge in [0.2, 0.25) is 0 Å². The van der Waals surface area contributed by atoms with Crippen LogP contribution in [-0.4, -0.2) is 43.1 Å². The second-order valence-corrected chi connectivity index (χ2v) is 5.16. The van der Waals surface area contributed by atoms with Crippen LogP contribution in [0.15, 0.2) is 35.3 Å². The lowest BCUT2D eigenvalue weighted by molar-refractivity contribution is 0.113. The summed E-state index contributed by atoms with van der Waals surface area (Å²) in [5.41, 5.74) is -0.271. The molecule has 2 rings (SSSR count). The van der Waals surface area contributed by atoms with Crippen molar-refractivity contribution in [2.45, 2.75) is 19.4 Å². The van der Waals surface area contributed by atoms with Crippen molar-refractivity contribution in [3.63, 3.8) is 0 Å². The molecular weight excluding hydrogens is 353 g/mol. The molecule has 5 heteroatoms. The summed E-state index contributed by atoms with van der Waals surface area (Å²) in [4.78, 5) is 6.53. The second kappa shape index (κ2) is 6.98. The SMILES string of the molecule is CN1CCN=C1NCC(C)(C)Oc1ccccc1.I. The van der Waals surface area contributed by atoms with Gasteiger partial charge in [-0.1, -0.05) is 18.2 Å². The fourth-order valence-corrected chi connectivity index (χ4v) is 1.86. The molecule has 0 aliphatic carbocycles. The predicted octanol–water partition coefficient (Wildman–Crippen LogP) is 2.35. The van der Waals surface area contributed by atoms with Crippen LogP contribution in [0.3, 0.4) is 0 Å². The van der Waals surface area contributed by atoms with Crippen LogP contribution in [0.5, 0.6) is 5.75 Å². The monoisotopic (exact) mass is 375 g/mol. The highest BCUT2D eigenvalue weighted by Crippen LogP contribution is 2.17. The smallest absolute Gasteiger partial charge is 0.193 e. The Balaban J connectivity index is 0.00000180. The minimum Gasteiger partial charge on any atom is -0.486 e. The van der Waals surface area contributed by atoms with Crippen molar-refractivity contribution in [2.24, 2.45) is 4.99 Å². The van der Waals surface area contributed by atoms with Gasteiger partial charge < -0.3 is 15.0 Å². The molecule has 0 aromatic heterocycles. The molecule has 1 heterocycles. The summed E-state index contributed by atoms with van der Waals surface area (Å²) < 4.78 is 5.96. The van der Waals surface area contributed by atoms with E-state index in [0.717, 1.165) is 31.3 Å². The van der Waals surface area contributed by atoms with Crippen LogP contribution < -0.4 is 10.1 Å². The largest absolute Gasteiger partial charge is 0.486 e. The molecular formula is C14H22IN3O. The van der Waals surface area contributed by atoms with Crippen molar-refractivity contribution in [3.8, 4) is 5.75 Å². The Labute approximate surface area is 132 Å². The summed E-state index contributed by atoms with van der Waals surface area (Å²) in [5.74, 6) is 1.85. The van der Waals surface area contributed by atoms with E-state index in [4.69, 9.17) is 4.74 Å². The Morgan fingerprint density at radius 2 is 2.00 bits per heavy atom. The van der Waals surface area contributed by atoms with E-state index in [9.17, 15) is 0 Å². The minimum atomic E-state index is -0.271. The number of likely N-dealkylation sites (N-methyl/N-ethyl adjacent to an activating group) is 1. The van der Waals surface area contributed by atoms with E-state index in [1.54, 1.807) is 0 Å². The molecule has 19 heavy (non-hydrogen) atoms. The summed E-state index contributed by atoms with van der Waals surface area (Å²) in [6, 6.07) is 9.89. The molecule has 0 spiro atoms. The Morgan fingerprint density at radius 1 is 1.32 bits per heavy atom. The first kappa shape index (κ1) is 16.1. The van der Waals surface area contributed by atoms with Crippen molar-refractivity contribution in [3.05, 3.63) is 30.3 Å². The maximum atomic E-state index is 5.96. The zero-order valence-electron chi connectivity index (χ0n) is 11.7. The van der Waals surface area contributed by atoms with E-state index >= 15 is 0 Å². The average molecular weight is 375 g/mol. The van der Waals surface area contributed by atoms with Gasteiger partial charge in [0.15, 0.2) is 5.96 Å². The summed E-state index contributed by atoms with van der Waals surface area (Å²) >= 11 is 0. The first-order chi connectivity index (χ1) is 8.57. The Bertz CT molecular complexity index is 420. The summed E-state index contributed by atoms with van der Waals surface area (Å²) in [6.45, 7) is 6.73. The van der Waals surface area contributed by atoms with Crippen LogP contribution in [-0.2, 0) is 0 Å². The van der Waals surface area contributed by atoms with Gasteiger partial charge in [0.25, 0.3) is 0 Å². The van der Waals surface area contributed by atoms with Crippen LogP contribution in [0.25, 0.3) is 0 Å². The van der Waals surface area contributed by atoms with Crippen LogP contribution >= 0.6 is 24.0 Å². The molecule has 1 aromatic carbocycles. The number of nitrogens with one attached hydrogen (secondary N) is 1. The van der Waals surface area contributed by atoms with Gasteiger partial charge >= 0.3 is 0 Å². The van der Waals surface area contributed by atoms with E-state index < -0.39 is 0 Å². The van der Waals surface area contributed by atoms with Crippen LogP contribution in [0.2, 0.25) is 0 Å². The zero-order chi connectivity index (χ0) is 13.0. The third kappa shape index (κ3) is 4.89. The van der Waals surface area contributed by atoms with E-state index in [1.165, 1.54) is 0 Å². The maximum Gasteiger partial charge on any atom is 0.193 e. The third-order valence-electron chi connectivity index (χ3n) is 2.87. The number of halogens is 1. The average Bonchev–Trinajstić information content (AvgIpc) is 2.73. The van der Waals surface area contributed by atoms with Crippen LogP contribution in [0.1, 0.15) is 13.8 Å². The molecule has 0 bridgehead atoms. The van der Waals surface area contributed by atoms with Gasteiger partial charge in [-0.3, -0.25) is 4.99 Å². The normalized spacial score (nSPS) is 14.7. The van der Waals surface area contributed by atoms with E-state index in [2.05, 4.69) is 29.1 Å². The number of aliphatic imine (C=N–C) groups is 1. The third-order valence-corrected chi connectivity index (χ3v) is 2.87. The van der Waals surface area contributed by atoms with Gasteiger partial charge in [-0.15, -0.1) is 24.0 Å². The predicted molar refractivity (Wildman–Crippen MR) is 89.5 cm³/mol. The molecule has 0 amide bonds. The van der Waals surface area contributed by atoms with Gasteiger partial charge in [-0.25, -0.2) is 0 Å². The van der Waals surface area contributed by atoms with Crippen LogP contribution in [0.4, 0.5) is 0 Å². The molecule has 0 saturated heterocycles. The number of ether oxygens (including phenoxy) is 1. The first-order valence-electron chi connectivity index (χ1n) is 6.30.